The number of carbonyl (C=O) groups excluding carboxylic acids is 1. The van der Waals surface area contributed by atoms with Crippen molar-refractivity contribution >= 4 is 38.9 Å². The fraction of sp³-hybridized carbons (Fsp3) is 0.0952. The zero-order valence-electron chi connectivity index (χ0n) is 15.8. The Morgan fingerprint density at radius 1 is 0.966 bits per heavy atom. The van der Waals surface area contributed by atoms with Crippen LogP contribution in [0.25, 0.3) is 0 Å². The maximum absolute atomic E-state index is 12.9. The van der Waals surface area contributed by atoms with Crippen LogP contribution in [-0.4, -0.2) is 21.4 Å². The van der Waals surface area contributed by atoms with E-state index in [0.717, 1.165) is 5.56 Å². The second kappa shape index (κ2) is 8.55. The van der Waals surface area contributed by atoms with E-state index in [-0.39, 0.29) is 16.5 Å². The quantitative estimate of drug-likeness (QED) is 0.593. The number of benzene rings is 3. The van der Waals surface area contributed by atoms with E-state index in [1.165, 1.54) is 31.4 Å². The van der Waals surface area contributed by atoms with Gasteiger partial charge in [-0.1, -0.05) is 35.9 Å². The van der Waals surface area contributed by atoms with Crippen molar-refractivity contribution < 1.29 is 17.9 Å². The van der Waals surface area contributed by atoms with Crippen molar-refractivity contribution in [2.75, 3.05) is 17.1 Å². The summed E-state index contributed by atoms with van der Waals surface area (Å²) in [6.45, 7) is 1.77. The summed E-state index contributed by atoms with van der Waals surface area (Å²) in [5.41, 5.74) is 1.79. The van der Waals surface area contributed by atoms with Crippen LogP contribution in [0.4, 0.5) is 11.4 Å². The second-order valence-electron chi connectivity index (χ2n) is 6.25. The van der Waals surface area contributed by atoms with Crippen molar-refractivity contribution in [2.45, 2.75) is 11.8 Å². The smallest absolute Gasteiger partial charge is 0.261 e. The molecule has 0 aliphatic rings. The average Bonchev–Trinajstić information content (AvgIpc) is 2.71. The van der Waals surface area contributed by atoms with Crippen LogP contribution in [0, 0.1) is 6.92 Å². The summed E-state index contributed by atoms with van der Waals surface area (Å²) >= 11 is 5.97. The average molecular weight is 431 g/mol. The van der Waals surface area contributed by atoms with Crippen molar-refractivity contribution in [2.24, 2.45) is 0 Å². The van der Waals surface area contributed by atoms with Gasteiger partial charge in [-0.25, -0.2) is 8.42 Å². The third-order valence-electron chi connectivity index (χ3n) is 4.21. The number of hydrogen-bond donors (Lipinski definition) is 2. The van der Waals surface area contributed by atoms with E-state index < -0.39 is 10.0 Å². The predicted octanol–water partition coefficient (Wildman–Crippen LogP) is 4.71. The molecule has 0 radical (unpaired) electrons. The molecule has 3 aromatic carbocycles. The summed E-state index contributed by atoms with van der Waals surface area (Å²) in [4.78, 5) is 12.4. The van der Waals surface area contributed by atoms with Crippen LogP contribution in [0.5, 0.6) is 5.75 Å². The van der Waals surface area contributed by atoms with Gasteiger partial charge >= 0.3 is 0 Å². The Hall–Kier alpha value is -3.03. The van der Waals surface area contributed by atoms with Crippen molar-refractivity contribution in [1.29, 1.82) is 0 Å². The number of methoxy groups -OCH3 is 1. The van der Waals surface area contributed by atoms with Crippen molar-refractivity contribution in [1.82, 2.24) is 0 Å². The second-order valence-corrected chi connectivity index (χ2v) is 8.37. The Kier molecular flexibility index (Phi) is 6.10. The molecule has 0 fully saturated rings. The van der Waals surface area contributed by atoms with Gasteiger partial charge in [-0.3, -0.25) is 9.52 Å². The number of amides is 1. The van der Waals surface area contributed by atoms with Crippen LogP contribution in [0.2, 0.25) is 5.02 Å². The Morgan fingerprint density at radius 2 is 1.69 bits per heavy atom. The minimum Gasteiger partial charge on any atom is -0.495 e. The van der Waals surface area contributed by atoms with Crippen LogP contribution >= 0.6 is 11.6 Å². The van der Waals surface area contributed by atoms with Crippen LogP contribution in [0.15, 0.2) is 71.6 Å². The summed E-state index contributed by atoms with van der Waals surface area (Å²) in [6, 6.07) is 17.8. The normalized spacial score (nSPS) is 11.0. The molecule has 0 spiro atoms. The monoisotopic (exact) mass is 430 g/mol. The fourth-order valence-electron chi connectivity index (χ4n) is 2.64. The topological polar surface area (TPSA) is 84.5 Å². The summed E-state index contributed by atoms with van der Waals surface area (Å²) in [5.74, 6) is -0.0377. The van der Waals surface area contributed by atoms with Gasteiger partial charge in [-0.15, -0.1) is 0 Å². The first kappa shape index (κ1) is 20.7. The third-order valence-corrected chi connectivity index (χ3v) is 5.81. The van der Waals surface area contributed by atoms with Gasteiger partial charge in [-0.05, 0) is 55.0 Å². The van der Waals surface area contributed by atoms with Crippen LogP contribution in [0.3, 0.4) is 0 Å². The van der Waals surface area contributed by atoms with E-state index in [2.05, 4.69) is 10.0 Å². The lowest BCUT2D eigenvalue weighted by Crippen LogP contribution is -2.16. The van der Waals surface area contributed by atoms with Gasteiger partial charge in [0.15, 0.2) is 0 Å². The molecule has 1 amide bonds. The molecule has 29 heavy (non-hydrogen) atoms. The molecule has 0 aromatic heterocycles. The number of sulfonamides is 1. The number of aryl methyl sites for hydroxylation is 1. The van der Waals surface area contributed by atoms with Gasteiger partial charge in [0.25, 0.3) is 15.9 Å². The molecule has 8 heteroatoms. The van der Waals surface area contributed by atoms with Gasteiger partial charge < -0.3 is 10.1 Å². The van der Waals surface area contributed by atoms with Gasteiger partial charge in [-0.2, -0.15) is 0 Å². The maximum Gasteiger partial charge on any atom is 0.261 e. The number of halogens is 1. The summed E-state index contributed by atoms with van der Waals surface area (Å²) in [7, 11) is -2.48. The maximum atomic E-state index is 12.9. The molecule has 6 nitrogen and oxygen atoms in total. The molecule has 0 bridgehead atoms. The molecule has 150 valence electrons. The Balaban J connectivity index is 1.93. The van der Waals surface area contributed by atoms with E-state index in [1.54, 1.807) is 49.4 Å². The van der Waals surface area contributed by atoms with Crippen molar-refractivity contribution in [3.63, 3.8) is 0 Å². The molecule has 0 saturated carbocycles. The molecule has 0 saturated heterocycles. The molecule has 0 aliphatic heterocycles. The lowest BCUT2D eigenvalue weighted by molar-refractivity contribution is 0.102. The highest BCUT2D eigenvalue weighted by atomic mass is 35.5. The van der Waals surface area contributed by atoms with Crippen LogP contribution < -0.4 is 14.8 Å². The fourth-order valence-corrected chi connectivity index (χ4v) is 3.96. The Bertz CT molecular complexity index is 1150. The first-order valence-electron chi connectivity index (χ1n) is 8.63. The highest BCUT2D eigenvalue weighted by Crippen LogP contribution is 2.30. The van der Waals surface area contributed by atoms with E-state index in [0.29, 0.717) is 22.0 Å². The Morgan fingerprint density at radius 3 is 2.38 bits per heavy atom. The van der Waals surface area contributed by atoms with E-state index >= 15 is 0 Å². The molecule has 0 atom stereocenters. The van der Waals surface area contributed by atoms with Gasteiger partial charge in [0.2, 0.25) is 0 Å². The minimum atomic E-state index is -3.92. The van der Waals surface area contributed by atoms with E-state index in [9.17, 15) is 13.2 Å². The standard InChI is InChI=1S/C21H19ClN2O4S/c1-14-8-9-16(22)12-18(14)24-29(26,27)17-10-11-20(28-2)19(13-17)23-21(25)15-6-4-3-5-7-15/h3-13,24H,1-2H3,(H,23,25). The zero-order chi connectivity index (χ0) is 21.0. The number of hydrogen-bond acceptors (Lipinski definition) is 4. The number of rotatable bonds is 6. The highest BCUT2D eigenvalue weighted by molar-refractivity contribution is 7.92. The number of anilines is 2. The number of carbonyl (C=O) groups is 1. The van der Waals surface area contributed by atoms with Gasteiger partial charge in [0.1, 0.15) is 5.75 Å². The SMILES string of the molecule is COc1ccc(S(=O)(=O)Nc2cc(Cl)ccc2C)cc1NC(=O)c1ccccc1. The molecule has 3 aromatic rings. The molecular weight excluding hydrogens is 412 g/mol. The third kappa shape index (κ3) is 4.88. The van der Waals surface area contributed by atoms with Gasteiger partial charge in [0.05, 0.1) is 23.4 Å². The van der Waals surface area contributed by atoms with Crippen LogP contribution in [0.1, 0.15) is 15.9 Å². The largest absolute Gasteiger partial charge is 0.495 e. The first-order chi connectivity index (χ1) is 13.8. The number of ether oxygens (including phenoxy) is 1. The lowest BCUT2D eigenvalue weighted by atomic mass is 10.2. The van der Waals surface area contributed by atoms with Crippen LogP contribution in [-0.2, 0) is 10.0 Å². The molecule has 3 rings (SSSR count). The van der Waals surface area contributed by atoms with Crippen molar-refractivity contribution in [3.05, 3.63) is 82.9 Å². The number of nitrogens with one attached hydrogen (secondary N) is 2. The molecule has 0 unspecified atom stereocenters. The molecule has 0 heterocycles. The first-order valence-corrected chi connectivity index (χ1v) is 10.5. The van der Waals surface area contributed by atoms with E-state index in [4.69, 9.17) is 16.3 Å². The van der Waals surface area contributed by atoms with Crippen molar-refractivity contribution in [3.8, 4) is 5.75 Å². The molecular formula is C21H19ClN2O4S. The predicted molar refractivity (Wildman–Crippen MR) is 114 cm³/mol. The zero-order valence-corrected chi connectivity index (χ0v) is 17.3. The lowest BCUT2D eigenvalue weighted by Gasteiger charge is -2.14. The highest BCUT2D eigenvalue weighted by Gasteiger charge is 2.19. The van der Waals surface area contributed by atoms with Gasteiger partial charge in [0, 0.05) is 10.6 Å². The summed E-state index contributed by atoms with van der Waals surface area (Å²) < 4.78 is 33.5. The summed E-state index contributed by atoms with van der Waals surface area (Å²) in [5, 5.41) is 3.11. The summed E-state index contributed by atoms with van der Waals surface area (Å²) in [6.07, 6.45) is 0. The molecule has 0 aliphatic carbocycles. The minimum absolute atomic E-state index is 0.0268. The Labute approximate surface area is 174 Å². The molecule has 2 N–H and O–H groups in total. The van der Waals surface area contributed by atoms with E-state index in [1.807, 2.05) is 0 Å².